The van der Waals surface area contributed by atoms with Crippen LogP contribution < -0.4 is 4.74 Å². The number of carbonyl (C=O) groups is 1. The van der Waals surface area contributed by atoms with Crippen LogP contribution in [-0.2, 0) is 17.6 Å². The number of rotatable bonds is 8. The Morgan fingerprint density at radius 1 is 1.17 bits per heavy atom. The summed E-state index contributed by atoms with van der Waals surface area (Å²) in [6, 6.07) is 16.0. The third-order valence-electron chi connectivity index (χ3n) is 5.31. The summed E-state index contributed by atoms with van der Waals surface area (Å²) in [6.07, 6.45) is 3.40. The van der Waals surface area contributed by atoms with Crippen LogP contribution in [0.25, 0.3) is 11.3 Å². The van der Waals surface area contributed by atoms with Crippen molar-refractivity contribution in [3.8, 4) is 17.1 Å². The lowest BCUT2D eigenvalue weighted by Crippen LogP contribution is -2.36. The van der Waals surface area contributed by atoms with Crippen molar-refractivity contribution in [3.05, 3.63) is 71.7 Å². The van der Waals surface area contributed by atoms with Crippen molar-refractivity contribution in [1.29, 1.82) is 0 Å². The molecule has 1 heterocycles. The van der Waals surface area contributed by atoms with E-state index in [1.807, 2.05) is 48.3 Å². The number of aryl methyl sites for hydroxylation is 2. The smallest absolute Gasteiger partial charge is 0.223 e. The van der Waals surface area contributed by atoms with Gasteiger partial charge in [0.25, 0.3) is 0 Å². The fraction of sp³-hybridized carbons (Fsp3) is 0.333. The number of likely N-dealkylation sites (N-methyl/N-ethyl adjacent to an activating group) is 1. The molecule has 0 unspecified atom stereocenters. The number of hydrogen-bond donors (Lipinski definition) is 0. The molecule has 3 aromatic rings. The number of aromatic nitrogens is 1. The van der Waals surface area contributed by atoms with E-state index in [0.29, 0.717) is 24.5 Å². The van der Waals surface area contributed by atoms with E-state index >= 15 is 0 Å². The molecule has 0 N–H and O–H groups in total. The van der Waals surface area contributed by atoms with Crippen molar-refractivity contribution in [3.63, 3.8) is 0 Å². The van der Waals surface area contributed by atoms with E-state index in [1.54, 1.807) is 13.3 Å². The first-order valence-electron chi connectivity index (χ1n) is 9.87. The molecule has 0 saturated carbocycles. The molecule has 0 bridgehead atoms. The highest BCUT2D eigenvalue weighted by Crippen LogP contribution is 2.23. The van der Waals surface area contributed by atoms with Gasteiger partial charge in [-0.25, -0.2) is 4.98 Å². The fourth-order valence-corrected chi connectivity index (χ4v) is 3.24. The Kier molecular flexibility index (Phi) is 6.70. The highest BCUT2D eigenvalue weighted by Gasteiger charge is 2.18. The Hall–Kier alpha value is -3.08. The van der Waals surface area contributed by atoms with Gasteiger partial charge in [0, 0.05) is 31.5 Å². The molecular formula is C24H28N2O3. The van der Waals surface area contributed by atoms with Crippen molar-refractivity contribution in [1.82, 2.24) is 9.88 Å². The molecule has 29 heavy (non-hydrogen) atoms. The minimum absolute atomic E-state index is 0.0929. The first kappa shape index (κ1) is 20.6. The largest absolute Gasteiger partial charge is 0.497 e. The van der Waals surface area contributed by atoms with Crippen LogP contribution in [0.1, 0.15) is 30.4 Å². The number of oxazole rings is 1. The third-order valence-corrected chi connectivity index (χ3v) is 5.31. The number of amides is 1. The van der Waals surface area contributed by atoms with Gasteiger partial charge in [-0.15, -0.1) is 0 Å². The molecule has 0 aliphatic heterocycles. The zero-order valence-electron chi connectivity index (χ0n) is 17.5. The van der Waals surface area contributed by atoms with Crippen LogP contribution in [0.5, 0.6) is 5.75 Å². The average molecular weight is 392 g/mol. The first-order chi connectivity index (χ1) is 14.0. The van der Waals surface area contributed by atoms with Crippen molar-refractivity contribution in [2.24, 2.45) is 0 Å². The van der Waals surface area contributed by atoms with Crippen LogP contribution in [-0.4, -0.2) is 36.0 Å². The van der Waals surface area contributed by atoms with Gasteiger partial charge in [-0.2, -0.15) is 0 Å². The van der Waals surface area contributed by atoms with Crippen molar-refractivity contribution in [2.45, 2.75) is 39.2 Å². The monoisotopic (exact) mass is 392 g/mol. The maximum absolute atomic E-state index is 12.6. The molecule has 5 heteroatoms. The van der Waals surface area contributed by atoms with Crippen LogP contribution in [0.15, 0.2) is 59.1 Å². The fourth-order valence-electron chi connectivity index (χ4n) is 3.24. The lowest BCUT2D eigenvalue weighted by atomic mass is 10.0. The van der Waals surface area contributed by atoms with Crippen LogP contribution in [0, 0.1) is 6.92 Å². The lowest BCUT2D eigenvalue weighted by Gasteiger charge is -2.25. The highest BCUT2D eigenvalue weighted by molar-refractivity contribution is 5.76. The van der Waals surface area contributed by atoms with E-state index < -0.39 is 0 Å². The number of ether oxygens (including phenoxy) is 1. The molecule has 0 saturated heterocycles. The van der Waals surface area contributed by atoms with Gasteiger partial charge in [0.15, 0.2) is 11.7 Å². The summed E-state index contributed by atoms with van der Waals surface area (Å²) in [5, 5.41) is 0. The summed E-state index contributed by atoms with van der Waals surface area (Å²) in [5.74, 6) is 2.15. The Balaban J connectivity index is 1.54. The molecule has 0 fully saturated rings. The molecule has 5 nitrogen and oxygen atoms in total. The number of methoxy groups -OCH3 is 1. The molecule has 1 aromatic heterocycles. The van der Waals surface area contributed by atoms with Gasteiger partial charge in [-0.3, -0.25) is 4.79 Å². The van der Waals surface area contributed by atoms with Gasteiger partial charge >= 0.3 is 0 Å². The third kappa shape index (κ3) is 5.25. The summed E-state index contributed by atoms with van der Waals surface area (Å²) < 4.78 is 11.0. The van der Waals surface area contributed by atoms with Gasteiger partial charge in [-0.1, -0.05) is 24.3 Å². The van der Waals surface area contributed by atoms with Crippen LogP contribution in [0.3, 0.4) is 0 Å². The highest BCUT2D eigenvalue weighted by atomic mass is 16.5. The molecule has 1 amide bonds. The summed E-state index contributed by atoms with van der Waals surface area (Å²) in [7, 11) is 3.50. The number of hydrogen-bond acceptors (Lipinski definition) is 4. The standard InChI is InChI=1S/C24H28N2O3/c1-17-7-5-6-8-20(17)15-18(2)26(3)24(27)14-13-23-25-16-22(29-23)19-9-11-21(28-4)12-10-19/h5-12,16,18H,13-15H2,1-4H3/t18-/m1/s1. The molecule has 0 aliphatic carbocycles. The Morgan fingerprint density at radius 3 is 2.59 bits per heavy atom. The molecule has 0 spiro atoms. The van der Waals surface area contributed by atoms with Crippen LogP contribution in [0.2, 0.25) is 0 Å². The molecule has 0 radical (unpaired) electrons. The molecule has 1 atom stereocenters. The second-order valence-electron chi connectivity index (χ2n) is 7.33. The zero-order chi connectivity index (χ0) is 20.8. The van der Waals surface area contributed by atoms with E-state index in [1.165, 1.54) is 11.1 Å². The van der Waals surface area contributed by atoms with Gasteiger partial charge in [0.2, 0.25) is 5.91 Å². The maximum Gasteiger partial charge on any atom is 0.223 e. The SMILES string of the molecule is COc1ccc(-c2cnc(CCC(=O)N(C)[C@H](C)Cc3ccccc3C)o2)cc1. The maximum atomic E-state index is 12.6. The van der Waals surface area contributed by atoms with Crippen molar-refractivity contribution < 1.29 is 13.9 Å². The minimum atomic E-state index is 0.0929. The quantitative estimate of drug-likeness (QED) is 0.558. The Morgan fingerprint density at radius 2 is 1.90 bits per heavy atom. The topological polar surface area (TPSA) is 55.6 Å². The van der Waals surface area contributed by atoms with Crippen molar-refractivity contribution in [2.75, 3.05) is 14.2 Å². The van der Waals surface area contributed by atoms with E-state index in [0.717, 1.165) is 17.7 Å². The summed E-state index contributed by atoms with van der Waals surface area (Å²) >= 11 is 0. The molecule has 2 aromatic carbocycles. The number of benzene rings is 2. The van der Waals surface area contributed by atoms with E-state index in [9.17, 15) is 4.79 Å². The Labute approximate surface area is 172 Å². The Bertz CT molecular complexity index is 947. The molecule has 0 aliphatic rings. The second-order valence-corrected chi connectivity index (χ2v) is 7.33. The number of nitrogens with zero attached hydrogens (tertiary/aromatic N) is 2. The summed E-state index contributed by atoms with van der Waals surface area (Å²) in [5.41, 5.74) is 3.46. The molecule has 152 valence electrons. The predicted octanol–water partition coefficient (Wildman–Crippen LogP) is 4.68. The average Bonchev–Trinajstić information content (AvgIpc) is 3.22. The normalized spacial score (nSPS) is 11.9. The van der Waals surface area contributed by atoms with Crippen molar-refractivity contribution >= 4 is 5.91 Å². The van der Waals surface area contributed by atoms with Gasteiger partial charge in [0.1, 0.15) is 5.75 Å². The number of carbonyl (C=O) groups excluding carboxylic acids is 1. The molecule has 3 rings (SSSR count). The van der Waals surface area contributed by atoms with E-state index in [-0.39, 0.29) is 11.9 Å². The van der Waals surface area contributed by atoms with Gasteiger partial charge in [-0.05, 0) is 55.7 Å². The second kappa shape index (κ2) is 9.41. The predicted molar refractivity (Wildman–Crippen MR) is 114 cm³/mol. The molecular weight excluding hydrogens is 364 g/mol. The van der Waals surface area contributed by atoms with E-state index in [4.69, 9.17) is 9.15 Å². The van der Waals surface area contributed by atoms with Crippen LogP contribution >= 0.6 is 0 Å². The summed E-state index contributed by atoms with van der Waals surface area (Å²) in [6.45, 7) is 4.18. The first-order valence-corrected chi connectivity index (χ1v) is 9.87. The zero-order valence-corrected chi connectivity index (χ0v) is 17.5. The minimum Gasteiger partial charge on any atom is -0.497 e. The summed E-state index contributed by atoms with van der Waals surface area (Å²) in [4.78, 5) is 18.8. The van der Waals surface area contributed by atoms with Gasteiger partial charge < -0.3 is 14.1 Å². The van der Waals surface area contributed by atoms with Crippen LogP contribution in [0.4, 0.5) is 0 Å². The van der Waals surface area contributed by atoms with Gasteiger partial charge in [0.05, 0.1) is 13.3 Å². The lowest BCUT2D eigenvalue weighted by molar-refractivity contribution is -0.131. The van der Waals surface area contributed by atoms with E-state index in [2.05, 4.69) is 31.0 Å².